The van der Waals surface area contributed by atoms with Gasteiger partial charge in [-0.25, -0.2) is 4.99 Å². The summed E-state index contributed by atoms with van der Waals surface area (Å²) in [5, 5.41) is 58.4. The summed E-state index contributed by atoms with van der Waals surface area (Å²) in [6.07, 6.45) is -9.46. The second-order valence-corrected chi connectivity index (χ2v) is 18.0. The third kappa shape index (κ3) is 9.63. The van der Waals surface area contributed by atoms with Gasteiger partial charge in [0.15, 0.2) is 18.7 Å². The first-order valence-electron chi connectivity index (χ1n) is 20.2. The summed E-state index contributed by atoms with van der Waals surface area (Å²) in [7, 11) is 3.43. The lowest BCUT2D eigenvalue weighted by Crippen LogP contribution is -2.61. The van der Waals surface area contributed by atoms with E-state index in [0.29, 0.717) is 12.4 Å². The molecule has 0 aromatic heterocycles. The van der Waals surface area contributed by atoms with E-state index in [-0.39, 0.29) is 37.5 Å². The topological polar surface area (TPSA) is 198 Å². The van der Waals surface area contributed by atoms with E-state index >= 15 is 0 Å². The maximum Gasteiger partial charge on any atom is 0.311 e. The molecule has 4 fully saturated rings. The monoisotopic (exact) mass is 789 g/mol. The summed E-state index contributed by atoms with van der Waals surface area (Å²) in [5.74, 6) is -4.01. The normalized spacial score (nSPS) is 50.0. The number of hydrogen-bond donors (Lipinski definition) is 5. The molecule has 0 aromatic rings. The van der Waals surface area contributed by atoms with Gasteiger partial charge in [-0.3, -0.25) is 4.79 Å². The Kier molecular flexibility index (Phi) is 14.8. The maximum atomic E-state index is 14.2. The lowest BCUT2D eigenvalue weighted by atomic mass is 9.73. The number of rotatable bonds is 7. The van der Waals surface area contributed by atoms with Crippen molar-refractivity contribution in [3.8, 4) is 0 Å². The first kappa shape index (κ1) is 46.0. The molecule has 15 heteroatoms. The van der Waals surface area contributed by atoms with Crippen LogP contribution < -0.4 is 0 Å². The fourth-order valence-electron chi connectivity index (χ4n) is 9.26. The van der Waals surface area contributed by atoms with Crippen LogP contribution in [0.4, 0.5) is 0 Å². The van der Waals surface area contributed by atoms with Crippen molar-refractivity contribution in [1.29, 1.82) is 0 Å². The smallest absolute Gasteiger partial charge is 0.311 e. The van der Waals surface area contributed by atoms with Crippen molar-refractivity contribution < 1.29 is 63.5 Å². The van der Waals surface area contributed by atoms with Crippen LogP contribution in [0.3, 0.4) is 0 Å². The van der Waals surface area contributed by atoms with Crippen LogP contribution in [0.1, 0.15) is 109 Å². The molecule has 320 valence electrons. The Hall–Kier alpha value is -1.66. The average molecular weight is 789 g/mol. The molecule has 0 unspecified atom stereocenters. The molecule has 4 aliphatic heterocycles. The lowest BCUT2D eigenvalue weighted by Gasteiger charge is -2.49. The summed E-state index contributed by atoms with van der Waals surface area (Å²) in [4.78, 5) is 20.9. The van der Waals surface area contributed by atoms with E-state index in [0.717, 1.165) is 0 Å². The zero-order valence-corrected chi connectivity index (χ0v) is 35.5. The molecule has 5 N–H and O–H groups in total. The highest BCUT2D eigenvalue weighted by Crippen LogP contribution is 2.42. The predicted octanol–water partition coefficient (Wildman–Crippen LogP) is 2.75. The van der Waals surface area contributed by atoms with Crippen LogP contribution in [-0.2, 0) is 38.0 Å². The number of methoxy groups -OCH3 is 1. The highest BCUT2D eigenvalue weighted by molar-refractivity contribution is 5.76. The maximum absolute atomic E-state index is 14.2. The molecule has 4 heterocycles. The number of aliphatic hydroxyl groups excluding tert-OH is 3. The van der Waals surface area contributed by atoms with Crippen LogP contribution in [-0.4, -0.2) is 153 Å². The number of cyclic esters (lactones) is 1. The van der Waals surface area contributed by atoms with E-state index < -0.39 is 108 Å². The van der Waals surface area contributed by atoms with Gasteiger partial charge in [0, 0.05) is 38.5 Å². The van der Waals surface area contributed by atoms with Crippen molar-refractivity contribution in [2.45, 2.75) is 205 Å². The molecule has 4 saturated heterocycles. The molecule has 4 aliphatic rings. The fourth-order valence-corrected chi connectivity index (χ4v) is 9.26. The Morgan fingerprint density at radius 3 is 2.15 bits per heavy atom. The minimum absolute atomic E-state index is 0.00673. The fraction of sp³-hybridized carbons (Fsp3) is 0.950. The zero-order valence-electron chi connectivity index (χ0n) is 35.5. The molecule has 0 amide bonds. The van der Waals surface area contributed by atoms with E-state index in [4.69, 9.17) is 33.2 Å². The first-order valence-corrected chi connectivity index (χ1v) is 20.2. The van der Waals surface area contributed by atoms with E-state index in [1.54, 1.807) is 48.5 Å². The summed E-state index contributed by atoms with van der Waals surface area (Å²) in [6.45, 7) is 20.9. The van der Waals surface area contributed by atoms with Crippen molar-refractivity contribution in [3.63, 3.8) is 0 Å². The molecule has 0 saturated carbocycles. The van der Waals surface area contributed by atoms with Crippen molar-refractivity contribution in [1.82, 2.24) is 4.90 Å². The highest BCUT2D eigenvalue weighted by atomic mass is 16.7. The number of fused-ring (bicyclic) bond motifs is 1. The van der Waals surface area contributed by atoms with Crippen LogP contribution >= 0.6 is 0 Å². The molecule has 4 rings (SSSR count). The molecule has 0 spiro atoms. The number of hydrogen-bond acceptors (Lipinski definition) is 14. The van der Waals surface area contributed by atoms with Crippen LogP contribution in [0.25, 0.3) is 0 Å². The van der Waals surface area contributed by atoms with E-state index in [2.05, 4.69) is 4.99 Å². The Morgan fingerprint density at radius 2 is 1.56 bits per heavy atom. The SMILES string of the molecule is CC[C@H]1OC(=O)[C@H](C)[C@@H](O[C@H]2C[C@@](C)(OC)[C@@H](O)[C@H](C)O2)[C@H](C)[C@@H](O[C@@H]2O[C@H](C)C[C@H]3[C@H]2OC(=NC(C)C)N3C)[C@](C)(O)C[C@@H](C)[C@H](O)[C@H](C)[C@@H](O)[C@]1(C)O. The van der Waals surface area contributed by atoms with E-state index in [1.165, 1.54) is 14.0 Å². The number of aliphatic imine (C=N–C) groups is 1. The molecule has 0 aliphatic carbocycles. The van der Waals surface area contributed by atoms with E-state index in [1.807, 2.05) is 39.6 Å². The van der Waals surface area contributed by atoms with Gasteiger partial charge in [-0.2, -0.15) is 0 Å². The van der Waals surface area contributed by atoms with Gasteiger partial charge in [0.1, 0.15) is 17.8 Å². The van der Waals surface area contributed by atoms with Gasteiger partial charge >= 0.3 is 5.97 Å². The summed E-state index contributed by atoms with van der Waals surface area (Å²) in [6, 6.07) is 0.311. The highest BCUT2D eigenvalue weighted by Gasteiger charge is 2.55. The third-order valence-electron chi connectivity index (χ3n) is 12.8. The largest absolute Gasteiger partial charge is 0.459 e. The van der Waals surface area contributed by atoms with Gasteiger partial charge in [-0.05, 0) is 80.6 Å². The van der Waals surface area contributed by atoms with Crippen molar-refractivity contribution in [2.24, 2.45) is 28.7 Å². The Morgan fingerprint density at radius 1 is 0.927 bits per heavy atom. The Balaban J connectivity index is 1.83. The third-order valence-corrected chi connectivity index (χ3v) is 12.8. The number of esters is 1. The molecular weight excluding hydrogens is 716 g/mol. The molecule has 0 radical (unpaired) electrons. The second-order valence-electron chi connectivity index (χ2n) is 18.0. The lowest BCUT2D eigenvalue weighted by molar-refractivity contribution is -0.314. The Labute approximate surface area is 328 Å². The van der Waals surface area contributed by atoms with Crippen LogP contribution in [0.5, 0.6) is 0 Å². The molecule has 0 aromatic carbocycles. The van der Waals surface area contributed by atoms with Crippen molar-refractivity contribution in [3.05, 3.63) is 0 Å². The molecule has 55 heavy (non-hydrogen) atoms. The number of carbonyl (C=O) groups excluding carboxylic acids is 1. The van der Waals surface area contributed by atoms with Crippen LogP contribution in [0, 0.1) is 23.7 Å². The van der Waals surface area contributed by atoms with Gasteiger partial charge in [0.25, 0.3) is 6.02 Å². The number of ether oxygens (including phenoxy) is 7. The minimum atomic E-state index is -1.93. The van der Waals surface area contributed by atoms with Crippen molar-refractivity contribution >= 4 is 12.0 Å². The van der Waals surface area contributed by atoms with Crippen LogP contribution in [0.2, 0.25) is 0 Å². The van der Waals surface area contributed by atoms with Gasteiger partial charge in [0.05, 0.1) is 59.8 Å². The number of carbonyl (C=O) groups is 1. The predicted molar refractivity (Wildman–Crippen MR) is 203 cm³/mol. The van der Waals surface area contributed by atoms with Gasteiger partial charge < -0.3 is 63.6 Å². The van der Waals surface area contributed by atoms with Crippen molar-refractivity contribution in [2.75, 3.05) is 14.2 Å². The first-order chi connectivity index (χ1) is 25.4. The van der Waals surface area contributed by atoms with Gasteiger partial charge in [-0.15, -0.1) is 0 Å². The Bertz CT molecular complexity index is 1320. The standard InChI is InChI=1S/C40H72N2O13/c1-15-27-40(12,48)32(44)22(6)29(43)20(4)17-38(10,47)34(55-36-31-26(16-21(5)50-36)42(13)37(54-31)41-19(2)3)23(7)30(24(8)35(46)52-27)53-28-18-39(11,49-14)33(45)25(9)51-28/h19-34,36,43-45,47-48H,15-18H2,1-14H3/t20-,21-,22+,23+,24-,25+,26+,27-,28+,29+,30+,31-,32-,33+,34-,36+,38-,39-,40-/m1/s1. The van der Waals surface area contributed by atoms with Gasteiger partial charge in [-0.1, -0.05) is 27.7 Å². The summed E-state index contributed by atoms with van der Waals surface area (Å²) >= 11 is 0. The second kappa shape index (κ2) is 17.7. The summed E-state index contributed by atoms with van der Waals surface area (Å²) < 4.78 is 44.4. The number of likely N-dealkylation sites (N-methyl/N-ethyl adjacent to an activating group) is 1. The molecule has 0 bridgehead atoms. The summed E-state index contributed by atoms with van der Waals surface area (Å²) in [5.41, 5.74) is -4.67. The number of aliphatic hydroxyl groups is 5. The zero-order chi connectivity index (χ0) is 41.5. The molecular formula is C40H72N2O13. The number of nitrogens with zero attached hydrogens (tertiary/aromatic N) is 2. The molecule has 15 nitrogen and oxygen atoms in total. The minimum Gasteiger partial charge on any atom is -0.459 e. The van der Waals surface area contributed by atoms with Gasteiger partial charge in [0.2, 0.25) is 0 Å². The molecule has 19 atom stereocenters. The average Bonchev–Trinajstić information content (AvgIpc) is 3.41. The van der Waals surface area contributed by atoms with Crippen LogP contribution in [0.15, 0.2) is 4.99 Å². The quantitative estimate of drug-likeness (QED) is 0.236. The van der Waals surface area contributed by atoms with E-state index in [9.17, 15) is 30.3 Å². The number of amidine groups is 1.